The molecule has 158 valence electrons. The average molecular weight is 415 g/mol. The van der Waals surface area contributed by atoms with Crippen LogP contribution in [-0.4, -0.2) is 53.4 Å². The van der Waals surface area contributed by atoms with Crippen LogP contribution >= 0.6 is 11.8 Å². The fourth-order valence-electron chi connectivity index (χ4n) is 3.25. The first-order valence-corrected chi connectivity index (χ1v) is 11.0. The Hall–Kier alpha value is -1.90. The fourth-order valence-corrected chi connectivity index (χ4v) is 4.27. The standard InChI is InChI=1S/C24H34N2O2S/c1-9-10-25(8)11-12-26-16-29-20(22(26)28)15-17-13-18(23(2,3)4)21(27)19(14-17)24(5,6)7/h1,13-15,27H,10-12,16H2,2-8H3/b20-15-. The van der Waals surface area contributed by atoms with Crippen LogP contribution in [0.2, 0.25) is 0 Å². The minimum absolute atomic E-state index is 0.0619. The van der Waals surface area contributed by atoms with Crippen molar-refractivity contribution in [1.82, 2.24) is 9.80 Å². The SMILES string of the molecule is C#CCN(C)CCN1CS/C(=C\c2cc(C(C)(C)C)c(O)c(C(C)(C)C)c2)C1=O. The Morgan fingerprint density at radius 3 is 2.24 bits per heavy atom. The topological polar surface area (TPSA) is 43.8 Å². The van der Waals surface area contributed by atoms with Crippen LogP contribution in [0, 0.1) is 12.3 Å². The van der Waals surface area contributed by atoms with Crippen molar-refractivity contribution >= 4 is 23.7 Å². The normalized spacial score (nSPS) is 16.7. The van der Waals surface area contributed by atoms with Gasteiger partial charge >= 0.3 is 0 Å². The van der Waals surface area contributed by atoms with Gasteiger partial charge in [-0.3, -0.25) is 9.69 Å². The summed E-state index contributed by atoms with van der Waals surface area (Å²) in [6.45, 7) is 14.6. The zero-order chi connectivity index (χ0) is 22.0. The van der Waals surface area contributed by atoms with Crippen LogP contribution in [0.15, 0.2) is 17.0 Å². The third-order valence-corrected chi connectivity index (χ3v) is 6.08. The number of nitrogens with zero attached hydrogens (tertiary/aromatic N) is 2. The molecule has 0 saturated carbocycles. The molecule has 1 saturated heterocycles. The van der Waals surface area contributed by atoms with Crippen molar-refractivity contribution in [2.24, 2.45) is 0 Å². The number of hydrogen-bond acceptors (Lipinski definition) is 4. The van der Waals surface area contributed by atoms with Gasteiger partial charge in [0.1, 0.15) is 5.75 Å². The maximum atomic E-state index is 12.8. The maximum absolute atomic E-state index is 12.8. The van der Waals surface area contributed by atoms with Gasteiger partial charge in [0.15, 0.2) is 0 Å². The zero-order valence-electron chi connectivity index (χ0n) is 18.8. The molecule has 1 aliphatic heterocycles. The molecule has 1 aliphatic rings. The van der Waals surface area contributed by atoms with E-state index >= 15 is 0 Å². The number of carbonyl (C=O) groups excluding carboxylic acids is 1. The van der Waals surface area contributed by atoms with Gasteiger partial charge in [-0.25, -0.2) is 0 Å². The highest BCUT2D eigenvalue weighted by Gasteiger charge is 2.29. The molecule has 2 rings (SSSR count). The van der Waals surface area contributed by atoms with Crippen LogP contribution in [0.1, 0.15) is 58.2 Å². The molecule has 0 atom stereocenters. The van der Waals surface area contributed by atoms with Crippen molar-refractivity contribution in [2.45, 2.75) is 52.4 Å². The van der Waals surface area contributed by atoms with E-state index in [1.165, 1.54) is 0 Å². The number of rotatable bonds is 5. The summed E-state index contributed by atoms with van der Waals surface area (Å²) in [5, 5.41) is 10.9. The van der Waals surface area contributed by atoms with E-state index in [2.05, 4.69) is 47.5 Å². The minimum Gasteiger partial charge on any atom is -0.507 e. The van der Waals surface area contributed by atoms with Gasteiger partial charge in [0.2, 0.25) is 0 Å². The van der Waals surface area contributed by atoms with Crippen LogP contribution in [0.5, 0.6) is 5.75 Å². The lowest BCUT2D eigenvalue weighted by molar-refractivity contribution is -0.124. The van der Waals surface area contributed by atoms with Gasteiger partial charge in [0.25, 0.3) is 5.91 Å². The van der Waals surface area contributed by atoms with Crippen LogP contribution in [-0.2, 0) is 15.6 Å². The third kappa shape index (κ3) is 5.81. The van der Waals surface area contributed by atoms with E-state index < -0.39 is 0 Å². The van der Waals surface area contributed by atoms with E-state index in [4.69, 9.17) is 6.42 Å². The van der Waals surface area contributed by atoms with Crippen molar-refractivity contribution < 1.29 is 9.90 Å². The number of benzene rings is 1. The molecule has 29 heavy (non-hydrogen) atoms. The second kappa shape index (κ2) is 8.85. The highest BCUT2D eigenvalue weighted by Crippen LogP contribution is 2.41. The van der Waals surface area contributed by atoms with E-state index in [-0.39, 0.29) is 16.7 Å². The lowest BCUT2D eigenvalue weighted by Gasteiger charge is -2.28. The van der Waals surface area contributed by atoms with E-state index in [0.29, 0.717) is 24.7 Å². The summed E-state index contributed by atoms with van der Waals surface area (Å²) in [5.74, 6) is 3.70. The first-order valence-electron chi connectivity index (χ1n) is 9.98. The van der Waals surface area contributed by atoms with Crippen molar-refractivity contribution in [3.63, 3.8) is 0 Å². The Morgan fingerprint density at radius 1 is 1.21 bits per heavy atom. The lowest BCUT2D eigenvalue weighted by Crippen LogP contribution is -2.34. The number of hydrogen-bond donors (Lipinski definition) is 1. The number of phenols is 1. The van der Waals surface area contributed by atoms with Crippen molar-refractivity contribution in [1.29, 1.82) is 0 Å². The molecule has 0 bridgehead atoms. The largest absolute Gasteiger partial charge is 0.507 e. The van der Waals surface area contributed by atoms with E-state index in [1.54, 1.807) is 11.8 Å². The predicted molar refractivity (Wildman–Crippen MR) is 124 cm³/mol. The summed E-state index contributed by atoms with van der Waals surface area (Å²) in [6.07, 6.45) is 7.30. The smallest absolute Gasteiger partial charge is 0.261 e. The molecule has 1 amide bonds. The molecule has 1 heterocycles. The average Bonchev–Trinajstić information content (AvgIpc) is 2.92. The van der Waals surface area contributed by atoms with E-state index in [0.717, 1.165) is 28.1 Å². The van der Waals surface area contributed by atoms with Gasteiger partial charge in [-0.2, -0.15) is 0 Å². The highest BCUT2D eigenvalue weighted by atomic mass is 32.2. The number of terminal acetylenes is 1. The van der Waals surface area contributed by atoms with Gasteiger partial charge in [-0.15, -0.1) is 6.42 Å². The van der Waals surface area contributed by atoms with Gasteiger partial charge < -0.3 is 10.0 Å². The Bertz CT molecular complexity index is 803. The quantitative estimate of drug-likeness (QED) is 0.572. The summed E-state index contributed by atoms with van der Waals surface area (Å²) in [7, 11) is 1.96. The number of likely N-dealkylation sites (N-methyl/N-ethyl adjacent to an activating group) is 1. The zero-order valence-corrected chi connectivity index (χ0v) is 19.6. The predicted octanol–water partition coefficient (Wildman–Crippen LogP) is 4.43. The van der Waals surface area contributed by atoms with E-state index in [9.17, 15) is 9.90 Å². The van der Waals surface area contributed by atoms with E-state index in [1.807, 2.05) is 35.1 Å². The molecule has 0 spiro atoms. The van der Waals surface area contributed by atoms with Crippen molar-refractivity contribution in [2.75, 3.05) is 32.6 Å². The molecule has 0 aliphatic carbocycles. The van der Waals surface area contributed by atoms with Crippen molar-refractivity contribution in [3.8, 4) is 18.1 Å². The lowest BCUT2D eigenvalue weighted by atomic mass is 9.78. The number of phenolic OH excluding ortho intramolecular Hbond substituents is 1. The Kier molecular flexibility index (Phi) is 7.14. The summed E-state index contributed by atoms with van der Waals surface area (Å²) < 4.78 is 0. The number of amides is 1. The van der Waals surface area contributed by atoms with Crippen LogP contribution in [0.3, 0.4) is 0 Å². The molecule has 1 aromatic rings. The molecule has 1 fully saturated rings. The number of carbonyl (C=O) groups is 1. The summed E-state index contributed by atoms with van der Waals surface area (Å²) in [6, 6.07) is 4.02. The third-order valence-electron chi connectivity index (χ3n) is 5.03. The molecular weight excluding hydrogens is 380 g/mol. The Labute approximate surface area is 180 Å². The Morgan fingerprint density at radius 2 is 1.76 bits per heavy atom. The molecule has 4 nitrogen and oxygen atoms in total. The van der Waals surface area contributed by atoms with Crippen molar-refractivity contribution in [3.05, 3.63) is 33.7 Å². The molecule has 0 unspecified atom stereocenters. The number of thioether (sulfide) groups is 1. The first kappa shape index (κ1) is 23.4. The summed E-state index contributed by atoms with van der Waals surface area (Å²) in [5.41, 5.74) is 2.37. The first-order chi connectivity index (χ1) is 13.3. The molecule has 1 aromatic carbocycles. The maximum Gasteiger partial charge on any atom is 0.261 e. The fraction of sp³-hybridized carbons (Fsp3) is 0.542. The number of aromatic hydroxyl groups is 1. The Balaban J connectivity index is 2.32. The minimum atomic E-state index is -0.195. The van der Waals surface area contributed by atoms with Gasteiger partial charge in [-0.1, -0.05) is 59.2 Å². The monoisotopic (exact) mass is 414 g/mol. The van der Waals surface area contributed by atoms with Gasteiger partial charge in [0.05, 0.1) is 17.3 Å². The molecule has 5 heteroatoms. The highest BCUT2D eigenvalue weighted by molar-refractivity contribution is 8.04. The van der Waals surface area contributed by atoms with Gasteiger partial charge in [0, 0.05) is 24.2 Å². The van der Waals surface area contributed by atoms with Crippen LogP contribution < -0.4 is 0 Å². The molecule has 0 radical (unpaired) electrons. The molecule has 0 aromatic heterocycles. The summed E-state index contributed by atoms with van der Waals surface area (Å²) in [4.78, 5) is 17.5. The molecule has 1 N–H and O–H groups in total. The van der Waals surface area contributed by atoms with Crippen LogP contribution in [0.4, 0.5) is 0 Å². The molecular formula is C24H34N2O2S. The van der Waals surface area contributed by atoms with Crippen LogP contribution in [0.25, 0.3) is 6.08 Å². The van der Waals surface area contributed by atoms with Gasteiger partial charge in [-0.05, 0) is 41.6 Å². The second-order valence-electron chi connectivity index (χ2n) is 9.76. The second-order valence-corrected chi connectivity index (χ2v) is 10.7. The summed E-state index contributed by atoms with van der Waals surface area (Å²) >= 11 is 1.57.